The van der Waals surface area contributed by atoms with Gasteiger partial charge in [-0.05, 0) is 37.1 Å². The second kappa shape index (κ2) is 10.0. The highest BCUT2D eigenvalue weighted by Gasteiger charge is 2.17. The van der Waals surface area contributed by atoms with E-state index in [9.17, 15) is 19.5 Å². The maximum Gasteiger partial charge on any atom is 0.332 e. The van der Waals surface area contributed by atoms with Crippen LogP contribution in [0.2, 0.25) is 5.15 Å². The first-order valence-corrected chi connectivity index (χ1v) is 10.3. The number of aromatic hydroxyl groups is 1. The van der Waals surface area contributed by atoms with E-state index in [-0.39, 0.29) is 35.5 Å². The van der Waals surface area contributed by atoms with Gasteiger partial charge in [0.25, 0.3) is 5.56 Å². The van der Waals surface area contributed by atoms with Gasteiger partial charge in [0.15, 0.2) is 0 Å². The minimum absolute atomic E-state index is 0.0739. The Hall–Kier alpha value is -3.76. The van der Waals surface area contributed by atoms with E-state index >= 15 is 0 Å². The predicted molar refractivity (Wildman–Crippen MR) is 124 cm³/mol. The fourth-order valence-corrected chi connectivity index (χ4v) is 3.38. The molecule has 0 aliphatic carbocycles. The summed E-state index contributed by atoms with van der Waals surface area (Å²) in [5, 5.41) is 11.9. The summed E-state index contributed by atoms with van der Waals surface area (Å²) in [6.07, 6.45) is 0.653. The summed E-state index contributed by atoms with van der Waals surface area (Å²) in [5.41, 5.74) is 1.15. The molecule has 0 saturated heterocycles. The van der Waals surface area contributed by atoms with Crippen molar-refractivity contribution in [1.29, 1.82) is 0 Å². The number of rotatable bonds is 5. The van der Waals surface area contributed by atoms with Crippen LogP contribution in [0.4, 0.5) is 5.69 Å². The molecule has 1 heterocycles. The Balaban J connectivity index is 1.81. The summed E-state index contributed by atoms with van der Waals surface area (Å²) in [6, 6.07) is 14.2. The molecule has 0 aliphatic heterocycles. The van der Waals surface area contributed by atoms with Gasteiger partial charge < -0.3 is 10.4 Å². The van der Waals surface area contributed by atoms with E-state index in [2.05, 4.69) is 17.2 Å². The number of phenols is 1. The molecule has 2 aromatic carbocycles. The van der Waals surface area contributed by atoms with Crippen molar-refractivity contribution in [3.05, 3.63) is 91.2 Å². The predicted octanol–water partition coefficient (Wildman–Crippen LogP) is 2.84. The van der Waals surface area contributed by atoms with Crippen molar-refractivity contribution in [3.63, 3.8) is 0 Å². The largest absolute Gasteiger partial charge is 0.508 e. The van der Waals surface area contributed by atoms with Crippen molar-refractivity contribution in [2.75, 3.05) is 5.32 Å². The summed E-state index contributed by atoms with van der Waals surface area (Å²) in [7, 11) is 1.31. The fourth-order valence-electron chi connectivity index (χ4n) is 3.12. The monoisotopic (exact) mass is 451 g/mol. The van der Waals surface area contributed by atoms with Gasteiger partial charge in [-0.2, -0.15) is 0 Å². The fraction of sp³-hybridized carbons (Fsp3) is 0.208. The van der Waals surface area contributed by atoms with Crippen LogP contribution in [0.3, 0.4) is 0 Å². The molecule has 2 N–H and O–H groups in total. The van der Waals surface area contributed by atoms with Crippen molar-refractivity contribution in [2.24, 2.45) is 7.05 Å². The molecule has 1 aromatic heterocycles. The highest BCUT2D eigenvalue weighted by molar-refractivity contribution is 6.32. The molecule has 0 spiro atoms. The molecule has 32 heavy (non-hydrogen) atoms. The van der Waals surface area contributed by atoms with E-state index in [1.807, 2.05) is 31.2 Å². The Morgan fingerprint density at radius 3 is 2.62 bits per heavy atom. The first-order valence-electron chi connectivity index (χ1n) is 9.89. The second-order valence-corrected chi connectivity index (χ2v) is 7.65. The average Bonchev–Trinajstić information content (AvgIpc) is 2.76. The number of carbonyl (C=O) groups excluding carboxylic acids is 1. The third-order valence-corrected chi connectivity index (χ3v) is 5.18. The molecule has 8 heteroatoms. The summed E-state index contributed by atoms with van der Waals surface area (Å²) >= 11 is 6.31. The molecular weight excluding hydrogens is 430 g/mol. The summed E-state index contributed by atoms with van der Waals surface area (Å²) in [4.78, 5) is 37.5. The lowest BCUT2D eigenvalue weighted by atomic mass is 10.1. The van der Waals surface area contributed by atoms with Gasteiger partial charge >= 0.3 is 5.69 Å². The Kier molecular flexibility index (Phi) is 7.18. The minimum Gasteiger partial charge on any atom is -0.508 e. The number of anilines is 1. The van der Waals surface area contributed by atoms with E-state index < -0.39 is 11.2 Å². The molecule has 3 aromatic rings. The Morgan fingerprint density at radius 1 is 1.16 bits per heavy atom. The van der Waals surface area contributed by atoms with Crippen molar-refractivity contribution >= 4 is 23.2 Å². The third kappa shape index (κ3) is 5.48. The molecule has 1 amide bonds. The number of carbonyl (C=O) groups is 1. The Labute approximate surface area is 189 Å². The van der Waals surface area contributed by atoms with Crippen molar-refractivity contribution in [1.82, 2.24) is 9.13 Å². The maximum absolute atomic E-state index is 12.5. The van der Waals surface area contributed by atoms with Crippen LogP contribution in [0.25, 0.3) is 0 Å². The van der Waals surface area contributed by atoms with E-state index in [1.165, 1.54) is 19.2 Å². The number of aryl methyl sites for hydroxylation is 2. The molecule has 0 saturated carbocycles. The van der Waals surface area contributed by atoms with Crippen LogP contribution in [-0.2, 0) is 24.8 Å². The normalized spacial score (nSPS) is 10.3. The minimum atomic E-state index is -0.693. The van der Waals surface area contributed by atoms with Crippen molar-refractivity contribution in [3.8, 4) is 17.6 Å². The molecule has 7 nitrogen and oxygen atoms in total. The summed E-state index contributed by atoms with van der Waals surface area (Å²) < 4.78 is 1.98. The van der Waals surface area contributed by atoms with E-state index in [4.69, 9.17) is 11.6 Å². The zero-order valence-corrected chi connectivity index (χ0v) is 18.4. The molecule has 0 atom stereocenters. The number of amides is 1. The van der Waals surface area contributed by atoms with Gasteiger partial charge in [0.1, 0.15) is 16.6 Å². The lowest BCUT2D eigenvalue weighted by molar-refractivity contribution is -0.116. The molecule has 0 aliphatic rings. The van der Waals surface area contributed by atoms with E-state index in [0.29, 0.717) is 12.0 Å². The molecule has 0 fully saturated rings. The first-order chi connectivity index (χ1) is 15.3. The van der Waals surface area contributed by atoms with Crippen LogP contribution in [0.15, 0.2) is 58.1 Å². The standard InChI is InChI=1S/C24H22ClN3O4/c1-16-6-3-7-18(14-16)11-12-20(30)26-21-22(25)28(24(32)27(2)23(21)31)13-5-9-17-8-4-10-19(29)15-17/h3-4,6-8,10,14-15,29H,11-13H2,1-2H3,(H,26,30). The third-order valence-electron chi connectivity index (χ3n) is 4.78. The number of phenolic OH excluding ortho intramolecular Hbond substituents is 1. The smallest absolute Gasteiger partial charge is 0.332 e. The number of halogens is 1. The molecule has 3 rings (SSSR count). The van der Waals surface area contributed by atoms with Gasteiger partial charge in [0.2, 0.25) is 5.91 Å². The molecule has 164 valence electrons. The number of nitrogens with zero attached hydrogens (tertiary/aromatic N) is 2. The molecule has 0 bridgehead atoms. The topological polar surface area (TPSA) is 93.3 Å². The van der Waals surface area contributed by atoms with E-state index in [0.717, 1.165) is 20.3 Å². The number of hydrogen-bond acceptors (Lipinski definition) is 4. The number of benzene rings is 2. The van der Waals surface area contributed by atoms with E-state index in [1.54, 1.807) is 12.1 Å². The lowest BCUT2D eigenvalue weighted by Crippen LogP contribution is -2.40. The molecule has 0 radical (unpaired) electrons. The number of nitrogens with one attached hydrogen (secondary N) is 1. The van der Waals surface area contributed by atoms with Gasteiger partial charge in [0.05, 0.1) is 6.54 Å². The van der Waals surface area contributed by atoms with Gasteiger partial charge in [-0.1, -0.05) is 59.3 Å². The van der Waals surface area contributed by atoms with Crippen LogP contribution in [-0.4, -0.2) is 20.1 Å². The van der Waals surface area contributed by atoms with Crippen LogP contribution in [0.5, 0.6) is 5.75 Å². The van der Waals surface area contributed by atoms with Crippen LogP contribution < -0.4 is 16.6 Å². The maximum atomic E-state index is 12.5. The van der Waals surface area contributed by atoms with Gasteiger partial charge in [-0.25, -0.2) is 4.79 Å². The highest BCUT2D eigenvalue weighted by atomic mass is 35.5. The van der Waals surface area contributed by atoms with Gasteiger partial charge in [0, 0.05) is 19.0 Å². The van der Waals surface area contributed by atoms with Crippen molar-refractivity contribution in [2.45, 2.75) is 26.3 Å². The first kappa shape index (κ1) is 22.9. The summed E-state index contributed by atoms with van der Waals surface area (Å²) in [6.45, 7) is 1.87. The SMILES string of the molecule is Cc1cccc(CCC(=O)Nc2c(Cl)n(CC#Cc3cccc(O)c3)c(=O)n(C)c2=O)c1. The van der Waals surface area contributed by atoms with Gasteiger partial charge in [-0.15, -0.1) is 0 Å². The Morgan fingerprint density at radius 2 is 1.91 bits per heavy atom. The molecule has 0 unspecified atom stereocenters. The highest BCUT2D eigenvalue weighted by Crippen LogP contribution is 2.16. The number of aromatic nitrogens is 2. The zero-order valence-electron chi connectivity index (χ0n) is 17.7. The Bertz CT molecular complexity index is 1350. The molecular formula is C24H22ClN3O4. The average molecular weight is 452 g/mol. The van der Waals surface area contributed by atoms with Crippen LogP contribution in [0.1, 0.15) is 23.1 Å². The lowest BCUT2D eigenvalue weighted by Gasteiger charge is -2.13. The van der Waals surface area contributed by atoms with Crippen LogP contribution >= 0.6 is 11.6 Å². The van der Waals surface area contributed by atoms with Crippen molar-refractivity contribution < 1.29 is 9.90 Å². The zero-order chi connectivity index (χ0) is 23.3. The quantitative estimate of drug-likeness (QED) is 0.461. The number of hydrogen-bond donors (Lipinski definition) is 2. The second-order valence-electron chi connectivity index (χ2n) is 7.29. The van der Waals surface area contributed by atoms with Crippen LogP contribution in [0, 0.1) is 18.8 Å². The van der Waals surface area contributed by atoms with Gasteiger partial charge in [-0.3, -0.25) is 18.7 Å². The summed E-state index contributed by atoms with van der Waals surface area (Å²) in [5.74, 6) is 5.30.